The summed E-state index contributed by atoms with van der Waals surface area (Å²) in [5.41, 5.74) is 1.43. The third-order valence-corrected chi connectivity index (χ3v) is 2.79. The molecule has 92 valence electrons. The van der Waals surface area contributed by atoms with Gasteiger partial charge in [-0.25, -0.2) is 9.31 Å². The fourth-order valence-electron chi connectivity index (χ4n) is 1.47. The number of ether oxygens (including phenoxy) is 1. The SMILES string of the molecule is COC(=O)NCCc1nnc2c(Cl)c(C)[nH]n12. The van der Waals surface area contributed by atoms with Crippen LogP contribution in [0.3, 0.4) is 0 Å². The maximum Gasteiger partial charge on any atom is 0.406 e. The Bertz CT molecular complexity index is 547. The minimum absolute atomic E-state index is 0.420. The molecule has 2 aromatic heterocycles. The van der Waals surface area contributed by atoms with Crippen LogP contribution in [-0.2, 0) is 11.2 Å². The van der Waals surface area contributed by atoms with Gasteiger partial charge in [0.1, 0.15) is 5.02 Å². The Kier molecular flexibility index (Phi) is 3.19. The first-order valence-electron chi connectivity index (χ1n) is 5.03. The fraction of sp³-hybridized carbons (Fsp3) is 0.444. The Morgan fingerprint density at radius 1 is 1.59 bits per heavy atom. The molecule has 0 unspecified atom stereocenters. The van der Waals surface area contributed by atoms with Gasteiger partial charge in [0.05, 0.1) is 12.8 Å². The summed E-state index contributed by atoms with van der Waals surface area (Å²) in [6.45, 7) is 2.27. The number of hydrogen-bond acceptors (Lipinski definition) is 4. The van der Waals surface area contributed by atoms with Crippen molar-refractivity contribution in [2.24, 2.45) is 0 Å². The van der Waals surface area contributed by atoms with E-state index < -0.39 is 6.09 Å². The lowest BCUT2D eigenvalue weighted by atomic mass is 10.4. The number of alkyl carbamates (subject to hydrolysis) is 1. The summed E-state index contributed by atoms with van der Waals surface area (Å²) in [7, 11) is 1.32. The first-order chi connectivity index (χ1) is 8.13. The number of fused-ring (bicyclic) bond motifs is 1. The molecule has 2 rings (SSSR count). The van der Waals surface area contributed by atoms with E-state index in [0.717, 1.165) is 5.69 Å². The van der Waals surface area contributed by atoms with E-state index in [-0.39, 0.29) is 0 Å². The van der Waals surface area contributed by atoms with Crippen LogP contribution in [0.5, 0.6) is 0 Å². The summed E-state index contributed by atoms with van der Waals surface area (Å²) in [5, 5.41) is 14.1. The Labute approximate surface area is 102 Å². The fourth-order valence-corrected chi connectivity index (χ4v) is 1.64. The number of aryl methyl sites for hydroxylation is 1. The molecule has 0 aliphatic rings. The number of H-pyrrole nitrogens is 1. The van der Waals surface area contributed by atoms with Crippen LogP contribution in [0.15, 0.2) is 0 Å². The van der Waals surface area contributed by atoms with Gasteiger partial charge in [0.25, 0.3) is 0 Å². The molecular formula is C9H12ClN5O2. The van der Waals surface area contributed by atoms with Crippen molar-refractivity contribution in [1.82, 2.24) is 25.1 Å². The Morgan fingerprint density at radius 2 is 2.35 bits per heavy atom. The van der Waals surface area contributed by atoms with Gasteiger partial charge in [0, 0.05) is 13.0 Å². The highest BCUT2D eigenvalue weighted by Crippen LogP contribution is 2.19. The molecule has 0 spiro atoms. The van der Waals surface area contributed by atoms with Crippen LogP contribution in [0.1, 0.15) is 11.5 Å². The molecule has 0 saturated heterocycles. The number of amides is 1. The summed E-state index contributed by atoms with van der Waals surface area (Å²) in [5.74, 6) is 0.700. The second-order valence-electron chi connectivity index (χ2n) is 3.49. The monoisotopic (exact) mass is 257 g/mol. The van der Waals surface area contributed by atoms with E-state index in [9.17, 15) is 4.79 Å². The van der Waals surface area contributed by atoms with Crippen molar-refractivity contribution in [3.63, 3.8) is 0 Å². The zero-order valence-corrected chi connectivity index (χ0v) is 10.2. The maximum absolute atomic E-state index is 10.9. The number of rotatable bonds is 3. The van der Waals surface area contributed by atoms with Crippen LogP contribution >= 0.6 is 11.6 Å². The first kappa shape index (κ1) is 11.7. The molecule has 0 fully saturated rings. The summed E-state index contributed by atoms with van der Waals surface area (Å²) >= 11 is 6.02. The highest BCUT2D eigenvalue weighted by molar-refractivity contribution is 6.34. The van der Waals surface area contributed by atoms with Gasteiger partial charge < -0.3 is 10.1 Å². The highest BCUT2D eigenvalue weighted by Gasteiger charge is 2.13. The molecule has 2 heterocycles. The van der Waals surface area contributed by atoms with Crippen LogP contribution in [-0.4, -0.2) is 39.6 Å². The van der Waals surface area contributed by atoms with E-state index in [0.29, 0.717) is 29.5 Å². The van der Waals surface area contributed by atoms with Gasteiger partial charge in [-0.05, 0) is 6.92 Å². The number of carbonyl (C=O) groups excluding carboxylic acids is 1. The molecule has 0 aromatic carbocycles. The standard InChI is InChI=1S/C9H12ClN5O2/c1-5-7(10)8-13-12-6(15(8)14-5)3-4-11-9(16)17-2/h14H,3-4H2,1-2H3,(H,11,16). The van der Waals surface area contributed by atoms with E-state index in [1.54, 1.807) is 4.52 Å². The Morgan fingerprint density at radius 3 is 3.06 bits per heavy atom. The molecule has 1 amide bonds. The van der Waals surface area contributed by atoms with Gasteiger partial charge in [-0.15, -0.1) is 10.2 Å². The number of nitrogens with zero attached hydrogens (tertiary/aromatic N) is 3. The molecule has 0 bridgehead atoms. The first-order valence-corrected chi connectivity index (χ1v) is 5.41. The van der Waals surface area contributed by atoms with Crippen LogP contribution in [0.25, 0.3) is 5.65 Å². The lowest BCUT2D eigenvalue weighted by Crippen LogP contribution is -2.25. The molecule has 0 aliphatic carbocycles. The van der Waals surface area contributed by atoms with Gasteiger partial charge in [0.2, 0.25) is 0 Å². The van der Waals surface area contributed by atoms with Crippen molar-refractivity contribution < 1.29 is 9.53 Å². The van der Waals surface area contributed by atoms with Gasteiger partial charge >= 0.3 is 6.09 Å². The predicted molar refractivity (Wildman–Crippen MR) is 61.2 cm³/mol. The summed E-state index contributed by atoms with van der Waals surface area (Å²) in [4.78, 5) is 10.9. The molecule has 7 nitrogen and oxygen atoms in total. The molecule has 0 saturated carbocycles. The quantitative estimate of drug-likeness (QED) is 0.856. The minimum Gasteiger partial charge on any atom is -0.453 e. The largest absolute Gasteiger partial charge is 0.453 e. The van der Waals surface area contributed by atoms with Crippen molar-refractivity contribution in [3.05, 3.63) is 16.5 Å². The maximum atomic E-state index is 10.9. The zero-order chi connectivity index (χ0) is 12.4. The van der Waals surface area contributed by atoms with E-state index in [1.165, 1.54) is 7.11 Å². The van der Waals surface area contributed by atoms with Crippen LogP contribution in [0.4, 0.5) is 4.79 Å². The van der Waals surface area contributed by atoms with Crippen molar-refractivity contribution in [3.8, 4) is 0 Å². The topological polar surface area (TPSA) is 84.3 Å². The average Bonchev–Trinajstić information content (AvgIpc) is 2.82. The molecule has 0 atom stereocenters. The second-order valence-corrected chi connectivity index (χ2v) is 3.87. The number of halogens is 1. The number of methoxy groups -OCH3 is 1. The molecule has 0 aliphatic heterocycles. The summed E-state index contributed by atoms with van der Waals surface area (Å²) in [6, 6.07) is 0. The minimum atomic E-state index is -0.466. The van der Waals surface area contributed by atoms with E-state index >= 15 is 0 Å². The van der Waals surface area contributed by atoms with Crippen molar-refractivity contribution in [1.29, 1.82) is 0 Å². The smallest absolute Gasteiger partial charge is 0.406 e. The number of aromatic amines is 1. The van der Waals surface area contributed by atoms with Gasteiger partial charge in [0.15, 0.2) is 11.5 Å². The summed E-state index contributed by atoms with van der Waals surface area (Å²) in [6.07, 6.45) is 0.0680. The van der Waals surface area contributed by atoms with E-state index in [2.05, 4.69) is 25.3 Å². The Balaban J connectivity index is 2.09. The third-order valence-electron chi connectivity index (χ3n) is 2.34. The molecule has 17 heavy (non-hydrogen) atoms. The third kappa shape index (κ3) is 2.19. The number of aromatic nitrogens is 4. The molecular weight excluding hydrogens is 246 g/mol. The second kappa shape index (κ2) is 4.62. The normalized spacial score (nSPS) is 10.8. The summed E-state index contributed by atoms with van der Waals surface area (Å²) < 4.78 is 6.16. The number of carbonyl (C=O) groups is 1. The highest BCUT2D eigenvalue weighted by atomic mass is 35.5. The van der Waals surface area contributed by atoms with Crippen LogP contribution in [0.2, 0.25) is 5.02 Å². The van der Waals surface area contributed by atoms with Crippen LogP contribution in [0, 0.1) is 6.92 Å². The zero-order valence-electron chi connectivity index (χ0n) is 9.45. The lowest BCUT2D eigenvalue weighted by molar-refractivity contribution is 0.171. The number of hydrogen-bond donors (Lipinski definition) is 2. The van der Waals surface area contributed by atoms with Gasteiger partial charge in [-0.3, -0.25) is 5.10 Å². The predicted octanol–water partition coefficient (Wildman–Crippen LogP) is 0.918. The van der Waals surface area contributed by atoms with Crippen LogP contribution < -0.4 is 5.32 Å². The van der Waals surface area contributed by atoms with Gasteiger partial charge in [-0.2, -0.15) is 0 Å². The van der Waals surface area contributed by atoms with Crippen molar-refractivity contribution in [2.75, 3.05) is 13.7 Å². The number of nitrogens with one attached hydrogen (secondary N) is 2. The molecule has 2 aromatic rings. The Hall–Kier alpha value is -1.76. The molecule has 8 heteroatoms. The van der Waals surface area contributed by atoms with Crippen molar-refractivity contribution in [2.45, 2.75) is 13.3 Å². The van der Waals surface area contributed by atoms with Crippen molar-refractivity contribution >= 4 is 23.3 Å². The molecule has 2 N–H and O–H groups in total. The molecule has 0 radical (unpaired) electrons. The lowest BCUT2D eigenvalue weighted by Gasteiger charge is -2.01. The van der Waals surface area contributed by atoms with E-state index in [1.807, 2.05) is 6.92 Å². The van der Waals surface area contributed by atoms with Gasteiger partial charge in [-0.1, -0.05) is 11.6 Å². The van der Waals surface area contributed by atoms with E-state index in [4.69, 9.17) is 11.6 Å². The average molecular weight is 258 g/mol.